The second kappa shape index (κ2) is 7.01. The highest BCUT2D eigenvalue weighted by Crippen LogP contribution is 2.37. The molecule has 0 saturated carbocycles. The van der Waals surface area contributed by atoms with Gasteiger partial charge in [-0.15, -0.1) is 11.3 Å². The molecule has 3 aromatic rings. The van der Waals surface area contributed by atoms with E-state index in [0.717, 1.165) is 38.3 Å². The third kappa shape index (κ3) is 3.51. The van der Waals surface area contributed by atoms with Gasteiger partial charge in [0.1, 0.15) is 5.75 Å². The summed E-state index contributed by atoms with van der Waals surface area (Å²) in [6, 6.07) is 11.4. The Kier molecular flexibility index (Phi) is 4.99. The van der Waals surface area contributed by atoms with Crippen LogP contribution in [0.4, 0.5) is 10.8 Å². The van der Waals surface area contributed by atoms with Crippen molar-refractivity contribution in [1.29, 1.82) is 0 Å². The Morgan fingerprint density at radius 3 is 2.58 bits per heavy atom. The maximum absolute atomic E-state index is 6.38. The Labute approximate surface area is 155 Å². The van der Waals surface area contributed by atoms with Gasteiger partial charge in [-0.05, 0) is 49.7 Å². The van der Waals surface area contributed by atoms with E-state index < -0.39 is 0 Å². The van der Waals surface area contributed by atoms with Gasteiger partial charge in [-0.2, -0.15) is 0 Å². The number of thiazole rings is 1. The Bertz CT molecular complexity index is 893. The highest BCUT2D eigenvalue weighted by Gasteiger charge is 2.14. The topological polar surface area (TPSA) is 34.1 Å². The zero-order chi connectivity index (χ0) is 17.3. The summed E-state index contributed by atoms with van der Waals surface area (Å²) in [5.41, 5.74) is 3.82. The maximum Gasteiger partial charge on any atom is 0.187 e. The largest absolute Gasteiger partial charge is 0.497 e. The molecule has 1 aromatic heterocycles. The van der Waals surface area contributed by atoms with Crippen molar-refractivity contribution in [2.45, 2.75) is 13.8 Å². The van der Waals surface area contributed by atoms with Crippen molar-refractivity contribution < 1.29 is 4.74 Å². The average molecular weight is 379 g/mol. The maximum atomic E-state index is 6.38. The number of hydrogen-bond donors (Lipinski definition) is 1. The molecule has 6 heteroatoms. The van der Waals surface area contributed by atoms with E-state index >= 15 is 0 Å². The minimum absolute atomic E-state index is 0.619. The summed E-state index contributed by atoms with van der Waals surface area (Å²) in [6.45, 7) is 4.06. The van der Waals surface area contributed by atoms with Crippen molar-refractivity contribution in [1.82, 2.24) is 4.98 Å². The molecular weight excluding hydrogens is 363 g/mol. The number of halogens is 2. The van der Waals surface area contributed by atoms with Crippen molar-refractivity contribution in [2.24, 2.45) is 0 Å². The summed E-state index contributed by atoms with van der Waals surface area (Å²) in [5, 5.41) is 5.45. The molecule has 1 N–H and O–H groups in total. The molecule has 0 aliphatic carbocycles. The van der Waals surface area contributed by atoms with E-state index in [1.54, 1.807) is 24.5 Å². The van der Waals surface area contributed by atoms with Gasteiger partial charge in [0.25, 0.3) is 0 Å². The molecule has 0 bridgehead atoms. The van der Waals surface area contributed by atoms with Crippen LogP contribution in [0.2, 0.25) is 10.0 Å². The molecule has 0 amide bonds. The Morgan fingerprint density at radius 2 is 1.88 bits per heavy atom. The van der Waals surface area contributed by atoms with Crippen LogP contribution in [0, 0.1) is 13.8 Å². The molecule has 1 heterocycles. The molecule has 3 rings (SSSR count). The minimum atomic E-state index is 0.619. The molecular formula is C18H16Cl2N2OS. The van der Waals surface area contributed by atoms with Gasteiger partial charge in [-0.3, -0.25) is 0 Å². The number of aryl methyl sites for hydroxylation is 2. The summed E-state index contributed by atoms with van der Waals surface area (Å²) in [7, 11) is 1.62. The molecule has 0 unspecified atom stereocenters. The van der Waals surface area contributed by atoms with Gasteiger partial charge in [0, 0.05) is 21.2 Å². The fraction of sp³-hybridized carbons (Fsp3) is 0.167. The first-order valence-electron chi connectivity index (χ1n) is 7.32. The smallest absolute Gasteiger partial charge is 0.187 e. The third-order valence-electron chi connectivity index (χ3n) is 3.67. The second-order valence-corrected chi connectivity index (χ2v) is 7.40. The average Bonchev–Trinajstić information content (AvgIpc) is 2.91. The zero-order valence-corrected chi connectivity index (χ0v) is 15.8. The van der Waals surface area contributed by atoms with Gasteiger partial charge < -0.3 is 10.1 Å². The summed E-state index contributed by atoms with van der Waals surface area (Å²) in [4.78, 5) is 5.79. The van der Waals surface area contributed by atoms with E-state index in [1.807, 2.05) is 44.2 Å². The zero-order valence-electron chi connectivity index (χ0n) is 13.5. The quantitative estimate of drug-likeness (QED) is 0.563. The molecule has 0 aliphatic heterocycles. The number of ether oxygens (including phenoxy) is 1. The number of anilines is 2. The molecule has 0 spiro atoms. The predicted octanol–water partition coefficient (Wildman–Crippen LogP) is 6.49. The highest BCUT2D eigenvalue weighted by molar-refractivity contribution is 7.16. The third-order valence-corrected chi connectivity index (χ3v) is 5.10. The monoisotopic (exact) mass is 378 g/mol. The summed E-state index contributed by atoms with van der Waals surface area (Å²) < 4.78 is 5.20. The van der Waals surface area contributed by atoms with Crippen LogP contribution in [0.5, 0.6) is 5.75 Å². The van der Waals surface area contributed by atoms with E-state index in [1.165, 1.54) is 0 Å². The number of nitrogens with one attached hydrogen (secondary N) is 1. The van der Waals surface area contributed by atoms with E-state index in [2.05, 4.69) is 5.32 Å². The van der Waals surface area contributed by atoms with E-state index in [-0.39, 0.29) is 0 Å². The lowest BCUT2D eigenvalue weighted by Crippen LogP contribution is -1.92. The first-order chi connectivity index (χ1) is 11.5. The fourth-order valence-electron chi connectivity index (χ4n) is 2.36. The van der Waals surface area contributed by atoms with Crippen molar-refractivity contribution in [2.75, 3.05) is 12.4 Å². The molecule has 124 valence electrons. The molecule has 3 nitrogen and oxygen atoms in total. The Hall–Kier alpha value is -1.75. The molecule has 0 aliphatic rings. The van der Waals surface area contributed by atoms with Gasteiger partial charge in [0.05, 0.1) is 17.8 Å². The van der Waals surface area contributed by atoms with Crippen LogP contribution in [0.1, 0.15) is 10.4 Å². The highest BCUT2D eigenvalue weighted by atomic mass is 35.5. The lowest BCUT2D eigenvalue weighted by molar-refractivity contribution is 0.415. The van der Waals surface area contributed by atoms with E-state index in [9.17, 15) is 0 Å². The van der Waals surface area contributed by atoms with Crippen LogP contribution >= 0.6 is 34.5 Å². The number of benzene rings is 2. The van der Waals surface area contributed by atoms with Crippen molar-refractivity contribution in [3.63, 3.8) is 0 Å². The van der Waals surface area contributed by atoms with E-state index in [4.69, 9.17) is 32.9 Å². The first-order valence-corrected chi connectivity index (χ1v) is 8.89. The molecule has 24 heavy (non-hydrogen) atoms. The van der Waals surface area contributed by atoms with Crippen LogP contribution in [0.25, 0.3) is 11.3 Å². The van der Waals surface area contributed by atoms with E-state index in [0.29, 0.717) is 10.0 Å². The van der Waals surface area contributed by atoms with Gasteiger partial charge >= 0.3 is 0 Å². The normalized spacial score (nSPS) is 10.7. The summed E-state index contributed by atoms with van der Waals surface area (Å²) in [6.07, 6.45) is 0. The lowest BCUT2D eigenvalue weighted by atomic mass is 10.1. The molecule has 2 aromatic carbocycles. The Balaban J connectivity index is 1.94. The number of nitrogens with zero attached hydrogens (tertiary/aromatic N) is 1. The van der Waals surface area contributed by atoms with Gasteiger partial charge in [-0.1, -0.05) is 29.3 Å². The van der Waals surface area contributed by atoms with Gasteiger partial charge in [0.15, 0.2) is 5.13 Å². The number of rotatable bonds is 4. The molecule has 0 atom stereocenters. The van der Waals surface area contributed by atoms with Crippen LogP contribution in [0.3, 0.4) is 0 Å². The Morgan fingerprint density at radius 1 is 1.08 bits per heavy atom. The van der Waals surface area contributed by atoms with Gasteiger partial charge in [0.2, 0.25) is 0 Å². The predicted molar refractivity (Wildman–Crippen MR) is 103 cm³/mol. The second-order valence-electron chi connectivity index (χ2n) is 5.35. The van der Waals surface area contributed by atoms with Crippen LogP contribution in [-0.4, -0.2) is 12.1 Å². The first kappa shape index (κ1) is 17.1. The fourth-order valence-corrected chi connectivity index (χ4v) is 3.63. The van der Waals surface area contributed by atoms with Crippen molar-refractivity contribution in [3.8, 4) is 17.0 Å². The van der Waals surface area contributed by atoms with Crippen LogP contribution < -0.4 is 10.1 Å². The summed E-state index contributed by atoms with van der Waals surface area (Å²) >= 11 is 14.0. The molecule has 0 radical (unpaired) electrons. The lowest BCUT2D eigenvalue weighted by Gasteiger charge is -2.07. The number of hydrogen-bond acceptors (Lipinski definition) is 4. The number of methoxy groups -OCH3 is 1. The van der Waals surface area contributed by atoms with Gasteiger partial charge in [-0.25, -0.2) is 4.98 Å². The molecule has 0 fully saturated rings. The SMILES string of the molecule is COc1ccc(-c2nc(Nc3cc(Cl)ccc3C)sc2C)c(Cl)c1. The summed E-state index contributed by atoms with van der Waals surface area (Å²) in [5.74, 6) is 0.726. The van der Waals surface area contributed by atoms with Crippen LogP contribution in [-0.2, 0) is 0 Å². The van der Waals surface area contributed by atoms with Crippen molar-refractivity contribution in [3.05, 3.63) is 56.9 Å². The number of aromatic nitrogens is 1. The minimum Gasteiger partial charge on any atom is -0.497 e. The standard InChI is InChI=1S/C18H16Cl2N2OS/c1-10-4-5-12(19)8-16(10)21-18-22-17(11(2)24-18)14-7-6-13(23-3)9-15(14)20/h4-9H,1-3H3,(H,21,22). The van der Waals surface area contributed by atoms with Crippen molar-refractivity contribution >= 4 is 45.4 Å². The molecule has 0 saturated heterocycles. The van der Waals surface area contributed by atoms with Crippen LogP contribution in [0.15, 0.2) is 36.4 Å².